The molecule has 184 valence electrons. The molecule has 2 aromatic carbocycles. The molecule has 1 heterocycles. The van der Waals surface area contributed by atoms with E-state index in [0.29, 0.717) is 21.7 Å². The van der Waals surface area contributed by atoms with Crippen molar-refractivity contribution in [2.24, 2.45) is 13.0 Å². The largest absolute Gasteiger partial charge is 0.342 e. The molecule has 10 nitrogen and oxygen atoms in total. The normalized spacial score (nSPS) is 11.8. The molecule has 2 amide bonds. The molecule has 0 radical (unpaired) electrons. The Bertz CT molecular complexity index is 1260. The van der Waals surface area contributed by atoms with Crippen LogP contribution in [-0.4, -0.2) is 37.3 Å². The summed E-state index contributed by atoms with van der Waals surface area (Å²) in [5.74, 6) is -0.116. The number of aromatic nitrogens is 3. The van der Waals surface area contributed by atoms with E-state index in [-0.39, 0.29) is 28.8 Å². The van der Waals surface area contributed by atoms with Crippen molar-refractivity contribution >= 4 is 46.6 Å². The predicted molar refractivity (Wildman–Crippen MR) is 135 cm³/mol. The van der Waals surface area contributed by atoms with Crippen molar-refractivity contribution in [3.8, 4) is 0 Å². The molecular formula is C23H25ClN6O4S. The minimum atomic E-state index is -0.549. The van der Waals surface area contributed by atoms with Gasteiger partial charge in [0, 0.05) is 35.5 Å². The van der Waals surface area contributed by atoms with Crippen LogP contribution in [0.15, 0.2) is 47.6 Å². The van der Waals surface area contributed by atoms with Crippen molar-refractivity contribution in [1.29, 1.82) is 0 Å². The Hall–Kier alpha value is -3.44. The van der Waals surface area contributed by atoms with Crippen molar-refractivity contribution < 1.29 is 14.5 Å². The maximum atomic E-state index is 12.8. The first-order valence-corrected chi connectivity index (χ1v) is 12.1. The van der Waals surface area contributed by atoms with E-state index in [0.717, 1.165) is 5.56 Å². The number of nitrogens with one attached hydrogen (secondary N) is 2. The Morgan fingerprint density at radius 1 is 1.20 bits per heavy atom. The van der Waals surface area contributed by atoms with Crippen LogP contribution >= 0.6 is 23.4 Å². The van der Waals surface area contributed by atoms with Gasteiger partial charge in [0.1, 0.15) is 0 Å². The van der Waals surface area contributed by atoms with Crippen LogP contribution in [0.3, 0.4) is 0 Å². The minimum Gasteiger partial charge on any atom is -0.342 e. The third-order valence-electron chi connectivity index (χ3n) is 5.29. The number of rotatable bonds is 9. The summed E-state index contributed by atoms with van der Waals surface area (Å²) in [7, 11) is 1.76. The highest BCUT2D eigenvalue weighted by Gasteiger charge is 2.26. The first-order valence-electron chi connectivity index (χ1n) is 10.7. The molecule has 3 rings (SSSR count). The zero-order chi connectivity index (χ0) is 25.7. The van der Waals surface area contributed by atoms with Crippen LogP contribution in [0, 0.1) is 23.0 Å². The molecule has 3 aromatic rings. The van der Waals surface area contributed by atoms with Gasteiger partial charge < -0.3 is 15.2 Å². The second-order valence-electron chi connectivity index (χ2n) is 8.15. The summed E-state index contributed by atoms with van der Waals surface area (Å²) < 4.78 is 1.72. The maximum Gasteiger partial charge on any atom is 0.270 e. The van der Waals surface area contributed by atoms with Crippen LogP contribution in [-0.2, 0) is 11.8 Å². The number of thioether (sulfide) groups is 1. The van der Waals surface area contributed by atoms with E-state index in [9.17, 15) is 19.7 Å². The molecule has 2 N–H and O–H groups in total. The summed E-state index contributed by atoms with van der Waals surface area (Å²) in [5, 5.41) is 26.3. The first kappa shape index (κ1) is 26.2. The summed E-state index contributed by atoms with van der Waals surface area (Å²) in [4.78, 5) is 35.7. The molecule has 0 unspecified atom stereocenters. The standard InChI is InChI=1S/C23H25ClN6O4S/c1-13(2)20(26-22(32)15-7-5-8-16(11-15)30(33)34)21-27-28-23(29(21)4)35-12-19(31)25-18-10-6-9-17(24)14(18)3/h5-11,13,20H,12H2,1-4H3,(H,25,31)(H,26,32)/t20-/m1/s1. The fourth-order valence-electron chi connectivity index (χ4n) is 3.30. The highest BCUT2D eigenvalue weighted by atomic mass is 35.5. The molecule has 0 saturated heterocycles. The van der Waals surface area contributed by atoms with Gasteiger partial charge in [-0.15, -0.1) is 10.2 Å². The highest BCUT2D eigenvalue weighted by Crippen LogP contribution is 2.26. The lowest BCUT2D eigenvalue weighted by Gasteiger charge is -2.21. The fourth-order valence-corrected chi connectivity index (χ4v) is 4.19. The van der Waals surface area contributed by atoms with Crippen molar-refractivity contribution in [2.75, 3.05) is 11.1 Å². The van der Waals surface area contributed by atoms with E-state index in [4.69, 9.17) is 11.6 Å². The van der Waals surface area contributed by atoms with E-state index in [2.05, 4.69) is 20.8 Å². The van der Waals surface area contributed by atoms with Gasteiger partial charge >= 0.3 is 0 Å². The summed E-state index contributed by atoms with van der Waals surface area (Å²) in [5.41, 5.74) is 1.44. The van der Waals surface area contributed by atoms with E-state index in [1.54, 1.807) is 29.8 Å². The van der Waals surface area contributed by atoms with Gasteiger partial charge in [0.25, 0.3) is 11.6 Å². The van der Waals surface area contributed by atoms with Gasteiger partial charge in [-0.3, -0.25) is 19.7 Å². The third-order valence-corrected chi connectivity index (χ3v) is 6.72. The number of nitro groups is 1. The number of amides is 2. The molecule has 0 aliphatic rings. The molecular weight excluding hydrogens is 492 g/mol. The fraction of sp³-hybridized carbons (Fsp3) is 0.304. The van der Waals surface area contributed by atoms with Crippen molar-refractivity contribution in [3.05, 3.63) is 74.6 Å². The summed E-state index contributed by atoms with van der Waals surface area (Å²) in [6, 6.07) is 10.3. The molecule has 0 spiro atoms. The number of nitrogens with zero attached hydrogens (tertiary/aromatic N) is 4. The second-order valence-corrected chi connectivity index (χ2v) is 9.50. The van der Waals surface area contributed by atoms with Crippen molar-refractivity contribution in [3.63, 3.8) is 0 Å². The van der Waals surface area contributed by atoms with Crippen LogP contribution in [0.25, 0.3) is 0 Å². The Morgan fingerprint density at radius 3 is 2.60 bits per heavy atom. The average Bonchev–Trinajstić information content (AvgIpc) is 3.18. The quantitative estimate of drug-likeness (QED) is 0.242. The molecule has 0 bridgehead atoms. The number of carbonyl (C=O) groups is 2. The molecule has 12 heteroatoms. The topological polar surface area (TPSA) is 132 Å². The lowest BCUT2D eigenvalue weighted by molar-refractivity contribution is -0.384. The Morgan fingerprint density at radius 2 is 1.91 bits per heavy atom. The van der Waals surface area contributed by atoms with Gasteiger partial charge in [0.15, 0.2) is 11.0 Å². The summed E-state index contributed by atoms with van der Waals surface area (Å²) in [6.45, 7) is 5.66. The van der Waals surface area contributed by atoms with Gasteiger partial charge in [0.2, 0.25) is 5.91 Å². The number of hydrogen-bond donors (Lipinski definition) is 2. The highest BCUT2D eigenvalue weighted by molar-refractivity contribution is 7.99. The monoisotopic (exact) mass is 516 g/mol. The predicted octanol–water partition coefficient (Wildman–Crippen LogP) is 4.54. The molecule has 0 aliphatic carbocycles. The zero-order valence-corrected chi connectivity index (χ0v) is 21.2. The molecule has 0 aliphatic heterocycles. The van der Waals surface area contributed by atoms with Crippen LogP contribution in [0.5, 0.6) is 0 Å². The number of non-ortho nitro benzene ring substituents is 1. The van der Waals surface area contributed by atoms with Crippen LogP contribution in [0.1, 0.15) is 41.6 Å². The number of nitro benzene ring substituents is 1. The first-order chi connectivity index (χ1) is 16.6. The molecule has 0 saturated carbocycles. The number of anilines is 1. The number of carbonyl (C=O) groups excluding carboxylic acids is 2. The maximum absolute atomic E-state index is 12.8. The van der Waals surface area contributed by atoms with Gasteiger partial charge in [-0.05, 0) is 36.6 Å². The number of benzene rings is 2. The molecule has 1 aromatic heterocycles. The van der Waals surface area contributed by atoms with Gasteiger partial charge in [-0.2, -0.15) is 0 Å². The Balaban J connectivity index is 1.69. The summed E-state index contributed by atoms with van der Waals surface area (Å²) in [6.07, 6.45) is 0. The van der Waals surface area contributed by atoms with E-state index >= 15 is 0 Å². The van der Waals surface area contributed by atoms with Crippen LogP contribution in [0.2, 0.25) is 5.02 Å². The molecule has 0 fully saturated rings. The van der Waals surface area contributed by atoms with Crippen LogP contribution < -0.4 is 10.6 Å². The molecule has 35 heavy (non-hydrogen) atoms. The Labute approximate surface area is 211 Å². The van der Waals surface area contributed by atoms with Gasteiger partial charge in [-0.25, -0.2) is 0 Å². The minimum absolute atomic E-state index is 0.0486. The smallest absolute Gasteiger partial charge is 0.270 e. The lowest BCUT2D eigenvalue weighted by atomic mass is 10.0. The SMILES string of the molecule is Cc1c(Cl)cccc1NC(=O)CSc1nnc([C@H](NC(=O)c2cccc([N+](=O)[O-])c2)C(C)C)n1C. The Kier molecular flexibility index (Phi) is 8.47. The second kappa shape index (κ2) is 11.3. The van der Waals surface area contributed by atoms with E-state index in [1.807, 2.05) is 20.8 Å². The van der Waals surface area contributed by atoms with Crippen molar-refractivity contribution in [1.82, 2.24) is 20.1 Å². The van der Waals surface area contributed by atoms with E-state index < -0.39 is 16.9 Å². The number of halogens is 1. The lowest BCUT2D eigenvalue weighted by Crippen LogP contribution is -2.33. The van der Waals surface area contributed by atoms with Crippen LogP contribution in [0.4, 0.5) is 11.4 Å². The average molecular weight is 517 g/mol. The number of hydrogen-bond acceptors (Lipinski definition) is 7. The van der Waals surface area contributed by atoms with Crippen molar-refractivity contribution in [2.45, 2.75) is 32.0 Å². The van der Waals surface area contributed by atoms with E-state index in [1.165, 1.54) is 36.0 Å². The van der Waals surface area contributed by atoms with Gasteiger partial charge in [-0.1, -0.05) is 49.3 Å². The third kappa shape index (κ3) is 6.37. The van der Waals surface area contributed by atoms with Gasteiger partial charge in [0.05, 0.1) is 16.7 Å². The summed E-state index contributed by atoms with van der Waals surface area (Å²) >= 11 is 7.32. The molecule has 1 atom stereocenters. The zero-order valence-electron chi connectivity index (χ0n) is 19.6.